The molecule has 1 aromatic rings. The van der Waals surface area contributed by atoms with Gasteiger partial charge in [0, 0.05) is 24.8 Å². The van der Waals surface area contributed by atoms with E-state index in [4.69, 9.17) is 0 Å². The summed E-state index contributed by atoms with van der Waals surface area (Å²) in [5.41, 5.74) is -1.43. The highest BCUT2D eigenvalue weighted by Gasteiger charge is 2.31. The Hall–Kier alpha value is -1.87. The third-order valence-electron chi connectivity index (χ3n) is 4.13. The largest absolute Gasteiger partial charge is 0.416 e. The lowest BCUT2D eigenvalue weighted by atomic mass is 10.0. The van der Waals surface area contributed by atoms with Gasteiger partial charge in [0.05, 0.1) is 12.2 Å². The third kappa shape index (κ3) is 5.86. The summed E-state index contributed by atoms with van der Waals surface area (Å²) in [6.45, 7) is 1.67. The summed E-state index contributed by atoms with van der Waals surface area (Å²) in [5.74, 6) is -1.08. The molecule has 3 N–H and O–H groups in total. The number of likely N-dealkylation sites (tertiary alicyclic amines) is 1. The van der Waals surface area contributed by atoms with E-state index in [1.807, 2.05) is 0 Å². The van der Waals surface area contributed by atoms with Crippen LogP contribution in [0.4, 0.5) is 28.0 Å². The molecule has 1 fully saturated rings. The standard InChI is InChI=1S/C16H21F4N3O2/c17-12-7-11(16(18,19)20)8-13(9-12)22-15(25)21-4-6-23-5-2-1-3-14(23)10-24/h7-9,14,24H,1-6,10H2,(H2,21,22,25). The van der Waals surface area contributed by atoms with E-state index in [1.54, 1.807) is 0 Å². The molecule has 5 nitrogen and oxygen atoms in total. The molecule has 1 aliphatic rings. The molecule has 0 spiro atoms. The van der Waals surface area contributed by atoms with Gasteiger partial charge >= 0.3 is 12.2 Å². The Morgan fingerprint density at radius 3 is 2.72 bits per heavy atom. The number of nitrogens with zero attached hydrogens (tertiary/aromatic N) is 1. The highest BCUT2D eigenvalue weighted by Crippen LogP contribution is 2.31. The first kappa shape index (κ1) is 19.5. The smallest absolute Gasteiger partial charge is 0.395 e. The van der Waals surface area contributed by atoms with Crippen LogP contribution in [0, 0.1) is 5.82 Å². The molecule has 1 heterocycles. The summed E-state index contributed by atoms with van der Waals surface area (Å²) in [4.78, 5) is 13.8. The number of carbonyl (C=O) groups is 1. The lowest BCUT2D eigenvalue weighted by Gasteiger charge is -2.34. The Bertz CT molecular complexity index is 595. The predicted molar refractivity (Wildman–Crippen MR) is 84.7 cm³/mol. The van der Waals surface area contributed by atoms with E-state index in [9.17, 15) is 27.5 Å². The number of rotatable bonds is 5. The lowest BCUT2D eigenvalue weighted by molar-refractivity contribution is -0.137. The minimum atomic E-state index is -4.69. The van der Waals surface area contributed by atoms with Crippen LogP contribution >= 0.6 is 0 Å². The zero-order valence-corrected chi connectivity index (χ0v) is 13.6. The molecule has 0 bridgehead atoms. The molecule has 1 atom stereocenters. The van der Waals surface area contributed by atoms with E-state index in [2.05, 4.69) is 15.5 Å². The fraction of sp³-hybridized carbons (Fsp3) is 0.562. The maximum Gasteiger partial charge on any atom is 0.416 e. The number of amides is 2. The Kier molecular flexibility index (Phi) is 6.60. The minimum Gasteiger partial charge on any atom is -0.395 e. The molecule has 1 saturated heterocycles. The van der Waals surface area contributed by atoms with Crippen molar-refractivity contribution in [3.8, 4) is 0 Å². The summed E-state index contributed by atoms with van der Waals surface area (Å²) in [6, 6.07) is 1.22. The van der Waals surface area contributed by atoms with Gasteiger partial charge in [-0.1, -0.05) is 6.42 Å². The molecular formula is C16H21F4N3O2. The normalized spacial score (nSPS) is 18.8. The van der Waals surface area contributed by atoms with Crippen LogP contribution in [-0.2, 0) is 6.18 Å². The average molecular weight is 363 g/mol. The Labute approximate surface area is 143 Å². The second-order valence-corrected chi connectivity index (χ2v) is 5.98. The topological polar surface area (TPSA) is 64.6 Å². The fourth-order valence-electron chi connectivity index (χ4n) is 2.87. The van der Waals surface area contributed by atoms with Crippen molar-refractivity contribution in [1.29, 1.82) is 0 Å². The van der Waals surface area contributed by atoms with Gasteiger partial charge in [0.25, 0.3) is 0 Å². The molecule has 0 aliphatic carbocycles. The number of urea groups is 1. The maximum absolute atomic E-state index is 13.3. The molecule has 9 heteroatoms. The van der Waals surface area contributed by atoms with Crippen LogP contribution in [0.5, 0.6) is 0 Å². The SMILES string of the molecule is O=C(NCCN1CCCCC1CO)Nc1cc(F)cc(C(F)(F)F)c1. The number of benzene rings is 1. The van der Waals surface area contributed by atoms with Crippen molar-refractivity contribution >= 4 is 11.7 Å². The van der Waals surface area contributed by atoms with Crippen LogP contribution in [-0.4, -0.2) is 48.3 Å². The zero-order valence-electron chi connectivity index (χ0n) is 13.6. The molecule has 1 aliphatic heterocycles. The minimum absolute atomic E-state index is 0.0513. The van der Waals surface area contributed by atoms with Gasteiger partial charge in [-0.25, -0.2) is 9.18 Å². The van der Waals surface area contributed by atoms with E-state index in [0.29, 0.717) is 18.7 Å². The Balaban J connectivity index is 1.85. The molecular weight excluding hydrogens is 342 g/mol. The Morgan fingerprint density at radius 2 is 2.04 bits per heavy atom. The maximum atomic E-state index is 13.3. The predicted octanol–water partition coefficient (Wildman–Crippen LogP) is 2.81. The molecule has 25 heavy (non-hydrogen) atoms. The van der Waals surface area contributed by atoms with Crippen molar-refractivity contribution in [2.24, 2.45) is 0 Å². The number of piperidine rings is 1. The first-order valence-electron chi connectivity index (χ1n) is 8.07. The highest BCUT2D eigenvalue weighted by molar-refractivity contribution is 5.89. The number of hydrogen-bond acceptors (Lipinski definition) is 3. The summed E-state index contributed by atoms with van der Waals surface area (Å²) in [5, 5.41) is 14.0. The van der Waals surface area contributed by atoms with Gasteiger partial charge in [0.2, 0.25) is 0 Å². The van der Waals surface area contributed by atoms with Crippen LogP contribution in [0.2, 0.25) is 0 Å². The van der Waals surface area contributed by atoms with Crippen LogP contribution in [0.25, 0.3) is 0 Å². The van der Waals surface area contributed by atoms with E-state index < -0.39 is 23.6 Å². The van der Waals surface area contributed by atoms with E-state index >= 15 is 0 Å². The van der Waals surface area contributed by atoms with Crippen LogP contribution in [0.1, 0.15) is 24.8 Å². The van der Waals surface area contributed by atoms with Crippen molar-refractivity contribution in [2.75, 3.05) is 31.6 Å². The average Bonchev–Trinajstić information content (AvgIpc) is 2.54. The molecule has 0 saturated carbocycles. The van der Waals surface area contributed by atoms with Crippen LogP contribution < -0.4 is 10.6 Å². The molecule has 2 amide bonds. The van der Waals surface area contributed by atoms with Crippen LogP contribution in [0.15, 0.2) is 18.2 Å². The first-order chi connectivity index (χ1) is 11.8. The molecule has 2 rings (SSSR count). The number of aliphatic hydroxyl groups is 1. The molecule has 1 aromatic carbocycles. The van der Waals surface area contributed by atoms with Gasteiger partial charge in [0.15, 0.2) is 0 Å². The highest BCUT2D eigenvalue weighted by atomic mass is 19.4. The summed E-state index contributed by atoms with van der Waals surface area (Å²) in [6.07, 6.45) is -1.72. The van der Waals surface area contributed by atoms with Gasteiger partial charge in [0.1, 0.15) is 5.82 Å². The second-order valence-electron chi connectivity index (χ2n) is 5.98. The third-order valence-corrected chi connectivity index (χ3v) is 4.13. The second kappa shape index (κ2) is 8.48. The van der Waals surface area contributed by atoms with Crippen molar-refractivity contribution < 1.29 is 27.5 Å². The molecule has 1 unspecified atom stereocenters. The van der Waals surface area contributed by atoms with E-state index in [1.165, 1.54) is 0 Å². The zero-order chi connectivity index (χ0) is 18.4. The van der Waals surface area contributed by atoms with Gasteiger partial charge < -0.3 is 15.7 Å². The lowest BCUT2D eigenvalue weighted by Crippen LogP contribution is -2.46. The number of carbonyl (C=O) groups excluding carboxylic acids is 1. The molecule has 140 valence electrons. The fourth-order valence-corrected chi connectivity index (χ4v) is 2.87. The number of nitrogens with one attached hydrogen (secondary N) is 2. The van der Waals surface area contributed by atoms with Crippen molar-refractivity contribution in [1.82, 2.24) is 10.2 Å². The van der Waals surface area contributed by atoms with Gasteiger partial charge in [-0.05, 0) is 37.6 Å². The Morgan fingerprint density at radius 1 is 1.28 bits per heavy atom. The molecule has 0 radical (unpaired) electrons. The number of alkyl halides is 3. The monoisotopic (exact) mass is 363 g/mol. The molecule has 0 aromatic heterocycles. The van der Waals surface area contributed by atoms with Gasteiger partial charge in [-0.2, -0.15) is 13.2 Å². The number of aliphatic hydroxyl groups excluding tert-OH is 1. The first-order valence-corrected chi connectivity index (χ1v) is 8.07. The van der Waals surface area contributed by atoms with E-state index in [-0.39, 0.29) is 24.9 Å². The van der Waals surface area contributed by atoms with Crippen molar-refractivity contribution in [3.05, 3.63) is 29.6 Å². The summed E-state index contributed by atoms with van der Waals surface area (Å²) < 4.78 is 51.2. The van der Waals surface area contributed by atoms with E-state index in [0.717, 1.165) is 31.9 Å². The summed E-state index contributed by atoms with van der Waals surface area (Å²) >= 11 is 0. The number of anilines is 1. The van der Waals surface area contributed by atoms with Gasteiger partial charge in [-0.15, -0.1) is 0 Å². The quantitative estimate of drug-likeness (QED) is 0.705. The van der Waals surface area contributed by atoms with Crippen molar-refractivity contribution in [3.63, 3.8) is 0 Å². The van der Waals surface area contributed by atoms with Gasteiger partial charge in [-0.3, -0.25) is 4.90 Å². The van der Waals surface area contributed by atoms with Crippen molar-refractivity contribution in [2.45, 2.75) is 31.5 Å². The van der Waals surface area contributed by atoms with Crippen LogP contribution in [0.3, 0.4) is 0 Å². The number of hydrogen-bond donors (Lipinski definition) is 3. The number of halogens is 4. The summed E-state index contributed by atoms with van der Waals surface area (Å²) in [7, 11) is 0.